The van der Waals surface area contributed by atoms with Crippen LogP contribution in [0, 0.1) is 12.8 Å². The molecule has 3 aliphatic rings. The van der Waals surface area contributed by atoms with Gasteiger partial charge in [0.25, 0.3) is 0 Å². The standard InChI is InChI=1S/C23H36N4O5.C8H10O.3H2/c1-15(25-22(31)17-8-10-27(3)11-9-17)21(30)24-13-19(28)26-18(12-16-6-4-5-7-16)20(29)23(2)14-32-23;1-7-3-5-8(9-2)6-4-7;;;/h6,15,17-18H,4-5,7-14H2,1-3H3,(H,24,30)(H,25,31)(H,26,28);3-6H,1-2H3;3*1H/t15-,18+,23-;;;;/m1..../s1. The van der Waals surface area contributed by atoms with Crippen LogP contribution in [0.5, 0.6) is 5.75 Å². The summed E-state index contributed by atoms with van der Waals surface area (Å²) in [5.74, 6) is -0.302. The molecule has 2 heterocycles. The van der Waals surface area contributed by atoms with E-state index in [1.807, 2.05) is 31.3 Å². The first-order valence-electron chi connectivity index (χ1n) is 14.5. The Balaban J connectivity index is 0.00000133. The van der Waals surface area contributed by atoms with Crippen LogP contribution in [-0.2, 0) is 23.9 Å². The van der Waals surface area contributed by atoms with Crippen molar-refractivity contribution >= 4 is 23.5 Å². The molecule has 1 aromatic rings. The Labute approximate surface area is 248 Å². The lowest BCUT2D eigenvalue weighted by Gasteiger charge is -2.28. The summed E-state index contributed by atoms with van der Waals surface area (Å²) in [6.07, 6.45) is 7.13. The van der Waals surface area contributed by atoms with Gasteiger partial charge in [-0.05, 0) is 91.6 Å². The van der Waals surface area contributed by atoms with Crippen molar-refractivity contribution in [1.29, 1.82) is 0 Å². The second kappa shape index (κ2) is 15.1. The first-order chi connectivity index (χ1) is 19.5. The lowest BCUT2D eigenvalue weighted by atomic mass is 9.94. The van der Waals surface area contributed by atoms with E-state index >= 15 is 0 Å². The Morgan fingerprint density at radius 3 is 2.37 bits per heavy atom. The van der Waals surface area contributed by atoms with Gasteiger partial charge in [0.1, 0.15) is 17.4 Å². The maximum absolute atomic E-state index is 12.8. The molecule has 2 fully saturated rings. The van der Waals surface area contributed by atoms with Gasteiger partial charge >= 0.3 is 0 Å². The zero-order valence-corrected chi connectivity index (χ0v) is 25.1. The van der Waals surface area contributed by atoms with E-state index in [9.17, 15) is 19.2 Å². The highest BCUT2D eigenvalue weighted by atomic mass is 16.6. The molecular weight excluding hydrogens is 524 g/mol. The van der Waals surface area contributed by atoms with Gasteiger partial charge in [0.2, 0.25) is 17.7 Å². The van der Waals surface area contributed by atoms with E-state index in [0.717, 1.165) is 50.9 Å². The monoisotopic (exact) mass is 576 g/mol. The van der Waals surface area contributed by atoms with Crippen molar-refractivity contribution < 1.29 is 32.9 Å². The number of nitrogens with one attached hydrogen (secondary N) is 3. The van der Waals surface area contributed by atoms with Gasteiger partial charge in [0.15, 0.2) is 5.78 Å². The molecule has 1 aromatic carbocycles. The van der Waals surface area contributed by atoms with Gasteiger partial charge in [-0.25, -0.2) is 0 Å². The zero-order chi connectivity index (χ0) is 30.0. The molecule has 3 N–H and O–H groups in total. The van der Waals surface area contributed by atoms with Gasteiger partial charge in [0, 0.05) is 10.2 Å². The van der Waals surface area contributed by atoms with Crippen LogP contribution < -0.4 is 20.7 Å². The maximum Gasteiger partial charge on any atom is 0.242 e. The van der Waals surface area contributed by atoms with Crippen LogP contribution in [0.3, 0.4) is 0 Å². The Kier molecular flexibility index (Phi) is 11.9. The third-order valence-electron chi connectivity index (χ3n) is 7.87. The topological polar surface area (TPSA) is 129 Å². The lowest BCUT2D eigenvalue weighted by Crippen LogP contribution is -2.52. The molecule has 0 bridgehead atoms. The maximum atomic E-state index is 12.8. The molecule has 0 saturated carbocycles. The molecule has 1 aliphatic carbocycles. The largest absolute Gasteiger partial charge is 0.497 e. The van der Waals surface area contributed by atoms with Gasteiger partial charge in [-0.1, -0.05) is 29.3 Å². The van der Waals surface area contributed by atoms with Gasteiger partial charge < -0.3 is 30.3 Å². The Morgan fingerprint density at radius 2 is 1.80 bits per heavy atom. The van der Waals surface area contributed by atoms with Crippen LogP contribution in [0.1, 0.15) is 62.2 Å². The fraction of sp³-hybridized carbons (Fsp3) is 0.613. The number of likely N-dealkylation sites (tertiary alicyclic amines) is 1. The molecule has 2 aliphatic heterocycles. The number of Topliss-reactive ketones (excluding diaryl/α,β-unsaturated/α-hetero) is 1. The number of nitrogens with zero attached hydrogens (tertiary/aromatic N) is 1. The van der Waals surface area contributed by atoms with E-state index in [4.69, 9.17) is 9.47 Å². The minimum atomic E-state index is -0.826. The third kappa shape index (κ3) is 10.3. The minimum absolute atomic E-state index is 0. The van der Waals surface area contributed by atoms with Gasteiger partial charge in [0.05, 0.1) is 26.3 Å². The van der Waals surface area contributed by atoms with E-state index in [-0.39, 0.29) is 28.4 Å². The number of ketones is 1. The highest BCUT2D eigenvalue weighted by Gasteiger charge is 2.50. The lowest BCUT2D eigenvalue weighted by molar-refractivity contribution is -0.133. The summed E-state index contributed by atoms with van der Waals surface area (Å²) < 4.78 is 10.2. The van der Waals surface area contributed by atoms with E-state index in [1.54, 1.807) is 21.0 Å². The number of hydrogen-bond donors (Lipinski definition) is 3. The number of rotatable bonds is 11. The summed E-state index contributed by atoms with van der Waals surface area (Å²) in [7, 11) is 3.70. The van der Waals surface area contributed by atoms with E-state index in [2.05, 4.69) is 33.9 Å². The number of amides is 3. The summed E-state index contributed by atoms with van der Waals surface area (Å²) >= 11 is 0. The molecule has 0 spiro atoms. The number of piperidine rings is 1. The first kappa shape index (κ1) is 32.3. The number of aryl methyl sites for hydroxylation is 1. The number of epoxide rings is 1. The fourth-order valence-electron chi connectivity index (χ4n) is 4.92. The normalized spacial score (nSPS) is 21.8. The van der Waals surface area contributed by atoms with Crippen molar-refractivity contribution in [3.8, 4) is 5.75 Å². The summed E-state index contributed by atoms with van der Waals surface area (Å²) in [6, 6.07) is 6.55. The number of carbonyl (C=O) groups excluding carboxylic acids is 4. The molecule has 41 heavy (non-hydrogen) atoms. The van der Waals surface area contributed by atoms with Crippen molar-refractivity contribution in [3.63, 3.8) is 0 Å². The van der Waals surface area contributed by atoms with E-state index in [1.165, 1.54) is 11.1 Å². The van der Waals surface area contributed by atoms with Crippen LogP contribution in [0.2, 0.25) is 0 Å². The number of allylic oxidation sites excluding steroid dienone is 1. The van der Waals surface area contributed by atoms with Crippen molar-refractivity contribution in [3.05, 3.63) is 41.5 Å². The van der Waals surface area contributed by atoms with Crippen LogP contribution in [0.15, 0.2) is 35.9 Å². The molecule has 4 rings (SSSR count). The predicted molar refractivity (Wildman–Crippen MR) is 163 cm³/mol. The first-order valence-corrected chi connectivity index (χ1v) is 14.5. The van der Waals surface area contributed by atoms with Gasteiger partial charge in [-0.3, -0.25) is 19.2 Å². The molecule has 0 aromatic heterocycles. The molecule has 0 radical (unpaired) electrons. The molecule has 0 unspecified atom stereocenters. The predicted octanol–water partition coefficient (Wildman–Crippen LogP) is 3.03. The highest BCUT2D eigenvalue weighted by Crippen LogP contribution is 2.31. The second-order valence-corrected chi connectivity index (χ2v) is 11.5. The summed E-state index contributed by atoms with van der Waals surface area (Å²) in [6.45, 7) is 7.22. The third-order valence-corrected chi connectivity index (χ3v) is 7.87. The molecular formula is C31H52N4O6. The molecule has 10 heteroatoms. The van der Waals surface area contributed by atoms with Crippen molar-refractivity contribution in [2.24, 2.45) is 5.92 Å². The number of ether oxygens (including phenoxy) is 2. The van der Waals surface area contributed by atoms with Gasteiger partial charge in [-0.2, -0.15) is 0 Å². The van der Waals surface area contributed by atoms with Crippen LogP contribution >= 0.6 is 0 Å². The summed E-state index contributed by atoms with van der Waals surface area (Å²) in [5.41, 5.74) is 1.60. The van der Waals surface area contributed by atoms with Crippen LogP contribution in [0.25, 0.3) is 0 Å². The molecule has 232 valence electrons. The SMILES string of the molecule is COc1ccc(C)cc1.C[C@@H](NC(=O)C1CCN(C)CC1)C(=O)NCC(=O)N[C@@H](CC1=CCCC1)C(=O)[C@@]1(C)CO1.[HH].[HH].[HH]. The van der Waals surface area contributed by atoms with Crippen LogP contribution in [-0.4, -0.2) is 86.5 Å². The number of methoxy groups -OCH3 is 1. The highest BCUT2D eigenvalue weighted by molar-refractivity contribution is 5.97. The Morgan fingerprint density at radius 1 is 1.15 bits per heavy atom. The summed E-state index contributed by atoms with van der Waals surface area (Å²) in [4.78, 5) is 52.2. The van der Waals surface area contributed by atoms with E-state index < -0.39 is 29.5 Å². The smallest absolute Gasteiger partial charge is 0.242 e. The van der Waals surface area contributed by atoms with Crippen LogP contribution in [0.4, 0.5) is 0 Å². The minimum Gasteiger partial charge on any atom is -0.497 e. The molecule has 3 atom stereocenters. The average Bonchev–Trinajstić information content (AvgIpc) is 3.50. The van der Waals surface area contributed by atoms with Crippen molar-refractivity contribution in [2.45, 2.75) is 77.0 Å². The molecule has 10 nitrogen and oxygen atoms in total. The second-order valence-electron chi connectivity index (χ2n) is 11.5. The molecule has 2 saturated heterocycles. The fourth-order valence-corrected chi connectivity index (χ4v) is 4.92. The van der Waals surface area contributed by atoms with Crippen molar-refractivity contribution in [1.82, 2.24) is 20.9 Å². The van der Waals surface area contributed by atoms with Crippen molar-refractivity contribution in [2.75, 3.05) is 40.4 Å². The van der Waals surface area contributed by atoms with E-state index in [0.29, 0.717) is 13.0 Å². The molecule has 3 amide bonds. The Hall–Kier alpha value is -3.24. The zero-order valence-electron chi connectivity index (χ0n) is 25.1. The quantitative estimate of drug-likeness (QED) is 0.273. The average molecular weight is 577 g/mol. The number of benzene rings is 1. The number of carbonyl (C=O) groups is 4. The number of hydrogen-bond acceptors (Lipinski definition) is 7. The summed E-state index contributed by atoms with van der Waals surface area (Å²) in [5, 5.41) is 8.07. The Bertz CT molecular complexity index is 1110. The van der Waals surface area contributed by atoms with Gasteiger partial charge in [-0.15, -0.1) is 0 Å².